The quantitative estimate of drug-likeness (QED) is 0.614. The van der Waals surface area contributed by atoms with Gasteiger partial charge in [0.1, 0.15) is 5.82 Å². The van der Waals surface area contributed by atoms with E-state index in [1.165, 1.54) is 6.07 Å². The van der Waals surface area contributed by atoms with Gasteiger partial charge < -0.3 is 15.5 Å². The summed E-state index contributed by atoms with van der Waals surface area (Å²) in [5, 5.41) is 21.3. The highest BCUT2D eigenvalue weighted by Crippen LogP contribution is 2.15. The van der Waals surface area contributed by atoms with Crippen molar-refractivity contribution in [1.29, 1.82) is 0 Å². The minimum atomic E-state index is -0.824. The van der Waals surface area contributed by atoms with Crippen LogP contribution in [0.5, 0.6) is 0 Å². The van der Waals surface area contributed by atoms with Crippen LogP contribution in [0.25, 0.3) is 0 Å². The van der Waals surface area contributed by atoms with E-state index in [4.69, 9.17) is 5.11 Å². The molecule has 0 aliphatic rings. The van der Waals surface area contributed by atoms with Crippen molar-refractivity contribution < 1.29 is 14.6 Å². The summed E-state index contributed by atoms with van der Waals surface area (Å²) < 4.78 is 13.2. The first-order valence-corrected chi connectivity index (χ1v) is 5.49. The fraction of sp³-hybridized carbons (Fsp3) is 0.500. The number of aliphatic hydroxyl groups excluding tert-OH is 2. The average Bonchev–Trinajstić information content (AvgIpc) is 2.29. The van der Waals surface area contributed by atoms with Gasteiger partial charge in [-0.05, 0) is 25.5 Å². The average molecular weight is 227 g/mol. The molecular formula is C12H18FNO2. The number of unbranched alkanes of at least 4 members (excludes halogenated alkanes) is 1. The van der Waals surface area contributed by atoms with E-state index in [0.29, 0.717) is 18.7 Å². The van der Waals surface area contributed by atoms with Gasteiger partial charge in [-0.1, -0.05) is 18.2 Å². The van der Waals surface area contributed by atoms with E-state index in [9.17, 15) is 9.50 Å². The Hall–Kier alpha value is -0.970. The topological polar surface area (TPSA) is 52.5 Å². The standard InChI is InChI=1S/C12H18FNO2/c13-11-6-2-1-5-10(11)12(16)9-14-7-3-4-8-15/h1-2,5-6,12,14-16H,3-4,7-9H2. The number of hydrogen-bond acceptors (Lipinski definition) is 3. The van der Waals surface area contributed by atoms with Gasteiger partial charge in [-0.25, -0.2) is 4.39 Å². The molecule has 3 nitrogen and oxygen atoms in total. The van der Waals surface area contributed by atoms with Crippen LogP contribution in [0.3, 0.4) is 0 Å². The van der Waals surface area contributed by atoms with Crippen LogP contribution >= 0.6 is 0 Å². The second-order valence-electron chi connectivity index (χ2n) is 3.67. The van der Waals surface area contributed by atoms with Crippen molar-refractivity contribution in [1.82, 2.24) is 5.32 Å². The van der Waals surface area contributed by atoms with Crippen molar-refractivity contribution in [3.05, 3.63) is 35.6 Å². The summed E-state index contributed by atoms with van der Waals surface area (Å²) in [6.45, 7) is 1.22. The maximum absolute atomic E-state index is 13.2. The molecule has 1 unspecified atom stereocenters. The summed E-state index contributed by atoms with van der Waals surface area (Å²) in [6, 6.07) is 6.22. The number of hydrogen-bond donors (Lipinski definition) is 3. The highest BCUT2D eigenvalue weighted by atomic mass is 19.1. The van der Waals surface area contributed by atoms with Crippen molar-refractivity contribution in [3.8, 4) is 0 Å². The fourth-order valence-electron chi connectivity index (χ4n) is 1.46. The summed E-state index contributed by atoms with van der Waals surface area (Å²) in [6.07, 6.45) is 0.763. The van der Waals surface area contributed by atoms with Gasteiger partial charge in [0.2, 0.25) is 0 Å². The van der Waals surface area contributed by atoms with Gasteiger partial charge in [-0.15, -0.1) is 0 Å². The fourth-order valence-corrected chi connectivity index (χ4v) is 1.46. The third-order valence-corrected chi connectivity index (χ3v) is 2.36. The van der Waals surface area contributed by atoms with E-state index < -0.39 is 6.10 Å². The molecule has 0 fully saturated rings. The molecule has 0 radical (unpaired) electrons. The summed E-state index contributed by atoms with van der Waals surface area (Å²) >= 11 is 0. The Morgan fingerprint density at radius 2 is 2.00 bits per heavy atom. The van der Waals surface area contributed by atoms with Crippen LogP contribution in [0.4, 0.5) is 4.39 Å². The third-order valence-electron chi connectivity index (χ3n) is 2.36. The zero-order valence-corrected chi connectivity index (χ0v) is 9.19. The van der Waals surface area contributed by atoms with Crippen LogP contribution in [-0.2, 0) is 0 Å². The summed E-state index contributed by atoms with van der Waals surface area (Å²) in [5.41, 5.74) is 0.317. The highest BCUT2D eigenvalue weighted by Gasteiger charge is 2.10. The van der Waals surface area contributed by atoms with E-state index in [1.54, 1.807) is 18.2 Å². The first-order valence-electron chi connectivity index (χ1n) is 5.49. The lowest BCUT2D eigenvalue weighted by Crippen LogP contribution is -2.23. The zero-order valence-electron chi connectivity index (χ0n) is 9.19. The van der Waals surface area contributed by atoms with Crippen molar-refractivity contribution in [2.45, 2.75) is 18.9 Å². The largest absolute Gasteiger partial charge is 0.396 e. The lowest BCUT2D eigenvalue weighted by Gasteiger charge is -2.12. The number of halogens is 1. The molecule has 0 saturated heterocycles. The number of rotatable bonds is 7. The molecule has 4 heteroatoms. The highest BCUT2D eigenvalue weighted by molar-refractivity contribution is 5.19. The molecule has 0 heterocycles. The van der Waals surface area contributed by atoms with Crippen molar-refractivity contribution in [3.63, 3.8) is 0 Å². The smallest absolute Gasteiger partial charge is 0.129 e. The minimum absolute atomic E-state index is 0.178. The molecule has 16 heavy (non-hydrogen) atoms. The van der Waals surface area contributed by atoms with Crippen LogP contribution in [0, 0.1) is 5.82 Å². The molecule has 1 aromatic carbocycles. The Morgan fingerprint density at radius 1 is 1.25 bits per heavy atom. The van der Waals surface area contributed by atoms with Crippen LogP contribution in [-0.4, -0.2) is 29.9 Å². The van der Waals surface area contributed by atoms with Crippen LogP contribution < -0.4 is 5.32 Å². The molecule has 1 aromatic rings. The van der Waals surface area contributed by atoms with E-state index >= 15 is 0 Å². The summed E-state index contributed by atoms with van der Waals surface area (Å²) in [5.74, 6) is -0.382. The molecule has 0 amide bonds. The first kappa shape index (κ1) is 13.1. The molecule has 0 aliphatic carbocycles. The molecular weight excluding hydrogens is 209 g/mol. The van der Waals surface area contributed by atoms with E-state index in [-0.39, 0.29) is 12.4 Å². The zero-order chi connectivity index (χ0) is 11.8. The van der Waals surface area contributed by atoms with E-state index in [1.807, 2.05) is 0 Å². The van der Waals surface area contributed by atoms with Crippen molar-refractivity contribution >= 4 is 0 Å². The monoisotopic (exact) mass is 227 g/mol. The minimum Gasteiger partial charge on any atom is -0.396 e. The van der Waals surface area contributed by atoms with Crippen LogP contribution in [0.1, 0.15) is 24.5 Å². The Bertz CT molecular complexity index is 307. The molecule has 0 saturated carbocycles. The number of aliphatic hydroxyl groups is 2. The van der Waals surface area contributed by atoms with Crippen molar-refractivity contribution in [2.24, 2.45) is 0 Å². The summed E-state index contributed by atoms with van der Waals surface area (Å²) in [7, 11) is 0. The van der Waals surface area contributed by atoms with Gasteiger partial charge >= 0.3 is 0 Å². The predicted octanol–water partition coefficient (Wildman–Crippen LogP) is 1.22. The second kappa shape index (κ2) is 7.33. The Kier molecular flexibility index (Phi) is 6.00. The Morgan fingerprint density at radius 3 is 2.69 bits per heavy atom. The van der Waals surface area contributed by atoms with E-state index in [0.717, 1.165) is 12.8 Å². The lowest BCUT2D eigenvalue weighted by molar-refractivity contribution is 0.169. The maximum atomic E-state index is 13.2. The lowest BCUT2D eigenvalue weighted by atomic mass is 10.1. The van der Waals surface area contributed by atoms with Gasteiger partial charge in [-0.3, -0.25) is 0 Å². The van der Waals surface area contributed by atoms with Crippen LogP contribution in [0.15, 0.2) is 24.3 Å². The van der Waals surface area contributed by atoms with Crippen molar-refractivity contribution in [2.75, 3.05) is 19.7 Å². The summed E-state index contributed by atoms with van der Waals surface area (Å²) in [4.78, 5) is 0. The molecule has 0 aliphatic heterocycles. The molecule has 90 valence electrons. The van der Waals surface area contributed by atoms with E-state index in [2.05, 4.69) is 5.32 Å². The van der Waals surface area contributed by atoms with Gasteiger partial charge in [0, 0.05) is 18.7 Å². The molecule has 1 rings (SSSR count). The molecule has 1 atom stereocenters. The molecule has 0 aromatic heterocycles. The number of benzene rings is 1. The maximum Gasteiger partial charge on any atom is 0.129 e. The molecule has 0 bridgehead atoms. The normalized spacial score (nSPS) is 12.7. The first-order chi connectivity index (χ1) is 7.75. The third kappa shape index (κ3) is 4.26. The Labute approximate surface area is 94.9 Å². The van der Waals surface area contributed by atoms with Gasteiger partial charge in [0.05, 0.1) is 6.10 Å². The van der Waals surface area contributed by atoms with Crippen LogP contribution in [0.2, 0.25) is 0 Å². The van der Waals surface area contributed by atoms with Gasteiger partial charge in [0.25, 0.3) is 0 Å². The number of nitrogens with one attached hydrogen (secondary N) is 1. The second-order valence-corrected chi connectivity index (χ2v) is 3.67. The Balaban J connectivity index is 2.30. The van der Waals surface area contributed by atoms with Gasteiger partial charge in [-0.2, -0.15) is 0 Å². The SMILES string of the molecule is OCCCCNCC(O)c1ccccc1F. The molecule has 0 spiro atoms. The van der Waals surface area contributed by atoms with Gasteiger partial charge in [0.15, 0.2) is 0 Å². The molecule has 3 N–H and O–H groups in total. The predicted molar refractivity (Wildman–Crippen MR) is 60.5 cm³/mol.